The summed E-state index contributed by atoms with van der Waals surface area (Å²) in [4.78, 5) is 4.47. The first-order valence-corrected chi connectivity index (χ1v) is 9.89. The maximum atomic E-state index is 13.0. The molecule has 0 atom stereocenters. The average molecular weight is 405 g/mol. The zero-order valence-corrected chi connectivity index (χ0v) is 16.4. The van der Waals surface area contributed by atoms with E-state index in [0.29, 0.717) is 17.3 Å². The van der Waals surface area contributed by atoms with Crippen LogP contribution in [0.4, 0.5) is 0 Å². The molecule has 1 aliphatic rings. The SMILES string of the molecule is COCc1noc(-c2nn(C)c3c2CN(S(=O)(=O)c2ccc(OC)cc2)C3)n1. The Bertz CT molecular complexity index is 1100. The maximum absolute atomic E-state index is 13.0. The summed E-state index contributed by atoms with van der Waals surface area (Å²) in [7, 11) is 1.16. The molecule has 11 heteroatoms. The van der Waals surface area contributed by atoms with Crippen LogP contribution < -0.4 is 4.74 Å². The van der Waals surface area contributed by atoms with Crippen molar-refractivity contribution in [2.24, 2.45) is 7.05 Å². The highest BCUT2D eigenvalue weighted by Crippen LogP contribution is 2.34. The van der Waals surface area contributed by atoms with E-state index in [0.717, 1.165) is 11.3 Å². The highest BCUT2D eigenvalue weighted by Gasteiger charge is 2.36. The standard InChI is InChI=1S/C17H19N5O5S/c1-21-14-9-22(28(23,24)12-6-4-11(26-3)5-7-12)8-13(14)16(19-21)17-18-15(10-25-2)20-27-17/h4-7H,8-10H2,1-3H3. The summed E-state index contributed by atoms with van der Waals surface area (Å²) in [6.45, 7) is 0.609. The van der Waals surface area contributed by atoms with Crippen molar-refractivity contribution in [1.29, 1.82) is 0 Å². The Morgan fingerprint density at radius 1 is 1.18 bits per heavy atom. The Hall–Kier alpha value is -2.76. The van der Waals surface area contributed by atoms with Crippen LogP contribution >= 0.6 is 0 Å². The molecule has 0 saturated carbocycles. The number of aryl methyl sites for hydroxylation is 1. The number of aromatic nitrogens is 4. The van der Waals surface area contributed by atoms with Gasteiger partial charge in [0.2, 0.25) is 10.0 Å². The highest BCUT2D eigenvalue weighted by molar-refractivity contribution is 7.89. The molecule has 0 radical (unpaired) electrons. The maximum Gasteiger partial charge on any atom is 0.278 e. The Morgan fingerprint density at radius 2 is 1.93 bits per heavy atom. The molecule has 3 heterocycles. The summed E-state index contributed by atoms with van der Waals surface area (Å²) < 4.78 is 44.5. The third kappa shape index (κ3) is 3.07. The van der Waals surface area contributed by atoms with Crippen LogP contribution in [0, 0.1) is 0 Å². The van der Waals surface area contributed by atoms with Crippen LogP contribution in [0.2, 0.25) is 0 Å². The molecular weight excluding hydrogens is 386 g/mol. The lowest BCUT2D eigenvalue weighted by molar-refractivity contribution is 0.174. The molecule has 0 aliphatic carbocycles. The zero-order chi connectivity index (χ0) is 19.9. The summed E-state index contributed by atoms with van der Waals surface area (Å²) in [5, 5.41) is 8.27. The third-order valence-corrected chi connectivity index (χ3v) is 6.38. The van der Waals surface area contributed by atoms with Crippen molar-refractivity contribution in [3.8, 4) is 17.3 Å². The van der Waals surface area contributed by atoms with Gasteiger partial charge < -0.3 is 14.0 Å². The number of hydrogen-bond donors (Lipinski definition) is 0. The van der Waals surface area contributed by atoms with Gasteiger partial charge in [0.1, 0.15) is 12.4 Å². The van der Waals surface area contributed by atoms with Gasteiger partial charge in [0.15, 0.2) is 11.5 Å². The minimum Gasteiger partial charge on any atom is -0.497 e. The van der Waals surface area contributed by atoms with E-state index in [1.807, 2.05) is 0 Å². The molecular formula is C17H19N5O5S. The quantitative estimate of drug-likeness (QED) is 0.604. The van der Waals surface area contributed by atoms with Gasteiger partial charge in [-0.1, -0.05) is 5.16 Å². The lowest BCUT2D eigenvalue weighted by Gasteiger charge is -2.16. The van der Waals surface area contributed by atoms with E-state index < -0.39 is 10.0 Å². The molecule has 0 N–H and O–H groups in total. The number of ether oxygens (including phenoxy) is 2. The van der Waals surface area contributed by atoms with Crippen molar-refractivity contribution < 1.29 is 22.4 Å². The first-order chi connectivity index (χ1) is 13.4. The first-order valence-electron chi connectivity index (χ1n) is 8.45. The van der Waals surface area contributed by atoms with Crippen molar-refractivity contribution in [1.82, 2.24) is 24.2 Å². The van der Waals surface area contributed by atoms with E-state index in [1.54, 1.807) is 23.9 Å². The molecule has 10 nitrogen and oxygen atoms in total. The molecule has 0 unspecified atom stereocenters. The number of hydrogen-bond acceptors (Lipinski definition) is 8. The van der Waals surface area contributed by atoms with E-state index in [9.17, 15) is 8.42 Å². The Labute approximate surface area is 161 Å². The predicted molar refractivity (Wildman–Crippen MR) is 96.6 cm³/mol. The van der Waals surface area contributed by atoms with Gasteiger partial charge in [0, 0.05) is 26.3 Å². The zero-order valence-electron chi connectivity index (χ0n) is 15.6. The molecule has 0 saturated heterocycles. The van der Waals surface area contributed by atoms with Gasteiger partial charge in [-0.3, -0.25) is 4.68 Å². The summed E-state index contributed by atoms with van der Waals surface area (Å²) in [6, 6.07) is 6.31. The van der Waals surface area contributed by atoms with Crippen molar-refractivity contribution in [3.05, 3.63) is 41.3 Å². The summed E-state index contributed by atoms with van der Waals surface area (Å²) >= 11 is 0. The molecule has 28 heavy (non-hydrogen) atoms. The molecule has 0 fully saturated rings. The molecule has 1 aromatic carbocycles. The Kier molecular flexibility index (Phi) is 4.65. The van der Waals surface area contributed by atoms with Crippen molar-refractivity contribution in [3.63, 3.8) is 0 Å². The fraction of sp³-hybridized carbons (Fsp3) is 0.353. The van der Waals surface area contributed by atoms with Crippen molar-refractivity contribution in [2.45, 2.75) is 24.6 Å². The Morgan fingerprint density at radius 3 is 2.61 bits per heavy atom. The number of nitrogens with zero attached hydrogens (tertiary/aromatic N) is 5. The molecule has 0 spiro atoms. The Balaban J connectivity index is 1.64. The fourth-order valence-corrected chi connectivity index (χ4v) is 4.51. The second kappa shape index (κ2) is 7.00. The van der Waals surface area contributed by atoms with Crippen LogP contribution in [0.1, 0.15) is 17.1 Å². The number of sulfonamides is 1. The van der Waals surface area contributed by atoms with Crippen LogP contribution in [-0.4, -0.2) is 46.9 Å². The number of rotatable bonds is 6. The normalized spacial score (nSPS) is 14.4. The fourth-order valence-electron chi connectivity index (χ4n) is 3.14. The van der Waals surface area contributed by atoms with E-state index in [4.69, 9.17) is 14.0 Å². The van der Waals surface area contributed by atoms with Gasteiger partial charge in [-0.25, -0.2) is 8.42 Å². The van der Waals surface area contributed by atoms with Crippen molar-refractivity contribution in [2.75, 3.05) is 14.2 Å². The molecule has 2 aromatic heterocycles. The molecule has 0 amide bonds. The van der Waals surface area contributed by atoms with Crippen molar-refractivity contribution >= 4 is 10.0 Å². The average Bonchev–Trinajstić information content (AvgIpc) is 3.39. The highest BCUT2D eigenvalue weighted by atomic mass is 32.2. The summed E-state index contributed by atoms with van der Waals surface area (Å²) in [5.74, 6) is 1.24. The smallest absolute Gasteiger partial charge is 0.278 e. The van der Waals surface area contributed by atoms with E-state index in [1.165, 1.54) is 30.7 Å². The van der Waals surface area contributed by atoms with Gasteiger partial charge in [0.05, 0.1) is 24.2 Å². The molecule has 3 aromatic rings. The minimum atomic E-state index is -3.67. The van der Waals surface area contributed by atoms with Gasteiger partial charge in [0.25, 0.3) is 5.89 Å². The lowest BCUT2D eigenvalue weighted by atomic mass is 10.2. The van der Waals surface area contributed by atoms with Gasteiger partial charge in [-0.15, -0.1) is 0 Å². The van der Waals surface area contributed by atoms with Crippen LogP contribution in [0.3, 0.4) is 0 Å². The number of benzene rings is 1. The summed E-state index contributed by atoms with van der Waals surface area (Å²) in [6.07, 6.45) is 0. The van der Waals surface area contributed by atoms with Crippen LogP contribution in [0.15, 0.2) is 33.7 Å². The van der Waals surface area contributed by atoms with Gasteiger partial charge >= 0.3 is 0 Å². The topological polar surface area (TPSA) is 113 Å². The molecule has 1 aliphatic heterocycles. The minimum absolute atomic E-state index is 0.175. The van der Waals surface area contributed by atoms with Gasteiger partial charge in [-0.05, 0) is 24.3 Å². The van der Waals surface area contributed by atoms with Crippen LogP contribution in [-0.2, 0) is 41.5 Å². The first kappa shape index (κ1) is 18.6. The largest absolute Gasteiger partial charge is 0.497 e. The monoisotopic (exact) mass is 405 g/mol. The third-order valence-electron chi connectivity index (χ3n) is 4.58. The number of methoxy groups -OCH3 is 2. The van der Waals surface area contributed by atoms with E-state index in [-0.39, 0.29) is 30.5 Å². The number of fused-ring (bicyclic) bond motifs is 1. The summed E-state index contributed by atoms with van der Waals surface area (Å²) in [5.41, 5.74) is 2.03. The lowest BCUT2D eigenvalue weighted by Crippen LogP contribution is -2.26. The molecule has 148 valence electrons. The molecule has 0 bridgehead atoms. The van der Waals surface area contributed by atoms with Gasteiger partial charge in [-0.2, -0.15) is 14.4 Å². The van der Waals surface area contributed by atoms with E-state index in [2.05, 4.69) is 15.2 Å². The molecule has 4 rings (SSSR count). The van der Waals surface area contributed by atoms with Crippen LogP contribution in [0.25, 0.3) is 11.6 Å². The predicted octanol–water partition coefficient (Wildman–Crippen LogP) is 1.33. The van der Waals surface area contributed by atoms with E-state index >= 15 is 0 Å². The second-order valence-electron chi connectivity index (χ2n) is 6.29. The van der Waals surface area contributed by atoms with Crippen LogP contribution in [0.5, 0.6) is 5.75 Å². The second-order valence-corrected chi connectivity index (χ2v) is 8.23.